The average molecular weight is 572 g/mol. The summed E-state index contributed by atoms with van der Waals surface area (Å²) in [5.41, 5.74) is 1.08. The molecule has 162 valence electrons. The molecule has 2 amide bonds. The molecule has 6 nitrogen and oxygen atoms in total. The van der Waals surface area contributed by atoms with Gasteiger partial charge in [0, 0.05) is 10.6 Å². The molecule has 0 aromatic heterocycles. The number of amides is 2. The summed E-state index contributed by atoms with van der Waals surface area (Å²) in [6, 6.07) is 9.91. The van der Waals surface area contributed by atoms with E-state index in [-0.39, 0.29) is 17.2 Å². The third kappa shape index (κ3) is 5.61. The summed E-state index contributed by atoms with van der Waals surface area (Å²) in [5.74, 6) is 0.346. The maximum Gasteiger partial charge on any atom is 0.293 e. The normalized spacial score (nSPS) is 15.0. The third-order valence-electron chi connectivity index (χ3n) is 4.34. The second-order valence-electron chi connectivity index (χ2n) is 6.58. The Morgan fingerprint density at radius 2 is 1.94 bits per heavy atom. The van der Waals surface area contributed by atoms with Crippen molar-refractivity contribution in [3.05, 3.63) is 61.0 Å². The zero-order valence-corrected chi connectivity index (χ0v) is 20.5. The maximum atomic E-state index is 12.8. The fourth-order valence-electron chi connectivity index (χ4n) is 2.83. The molecule has 3 rings (SSSR count). The number of benzene rings is 2. The van der Waals surface area contributed by atoms with Crippen LogP contribution in [-0.4, -0.2) is 42.1 Å². The van der Waals surface area contributed by atoms with Gasteiger partial charge in [-0.1, -0.05) is 18.5 Å². The van der Waals surface area contributed by atoms with E-state index in [0.717, 1.165) is 26.7 Å². The molecule has 0 spiro atoms. The summed E-state index contributed by atoms with van der Waals surface area (Å²) in [6.07, 6.45) is 2.48. The standard InChI is InChI=1S/C22H19ClINO5S/c1-3-8-30-20-16(24)9-13(10-18(20)29-2)11-19-21(27)25(22(28)31-19)12-17(26)14-4-6-15(23)7-5-14/h4-7,9-11H,3,8,12H2,1-2H3/b19-11-. The van der Waals surface area contributed by atoms with Gasteiger partial charge in [-0.2, -0.15) is 0 Å². The van der Waals surface area contributed by atoms with Crippen LogP contribution in [0.5, 0.6) is 11.5 Å². The van der Waals surface area contributed by atoms with Gasteiger partial charge in [-0.3, -0.25) is 19.3 Å². The Balaban J connectivity index is 1.80. The van der Waals surface area contributed by atoms with Gasteiger partial charge < -0.3 is 9.47 Å². The van der Waals surface area contributed by atoms with Crippen molar-refractivity contribution in [3.63, 3.8) is 0 Å². The Morgan fingerprint density at radius 1 is 1.23 bits per heavy atom. The molecule has 1 aliphatic rings. The number of carbonyl (C=O) groups is 3. The van der Waals surface area contributed by atoms with E-state index in [2.05, 4.69) is 22.6 Å². The first kappa shape index (κ1) is 23.6. The van der Waals surface area contributed by atoms with Gasteiger partial charge in [-0.05, 0) is 88.8 Å². The number of rotatable bonds is 8. The van der Waals surface area contributed by atoms with E-state index >= 15 is 0 Å². The molecular formula is C22H19ClINO5S. The zero-order valence-electron chi connectivity index (χ0n) is 16.8. The maximum absolute atomic E-state index is 12.8. The lowest BCUT2D eigenvalue weighted by Crippen LogP contribution is -2.33. The number of carbonyl (C=O) groups excluding carboxylic acids is 3. The highest BCUT2D eigenvalue weighted by Gasteiger charge is 2.36. The number of halogens is 2. The van der Waals surface area contributed by atoms with Crippen molar-refractivity contribution in [2.24, 2.45) is 0 Å². The largest absolute Gasteiger partial charge is 0.493 e. The number of ketones is 1. The Kier molecular flexibility index (Phi) is 8.01. The highest BCUT2D eigenvalue weighted by Crippen LogP contribution is 2.37. The van der Waals surface area contributed by atoms with Crippen molar-refractivity contribution in [3.8, 4) is 11.5 Å². The summed E-state index contributed by atoms with van der Waals surface area (Å²) < 4.78 is 12.0. The number of hydrogen-bond donors (Lipinski definition) is 0. The van der Waals surface area contributed by atoms with Crippen molar-refractivity contribution >= 4 is 69.0 Å². The number of Topliss-reactive ketones (excluding diaryl/α,β-unsaturated/α-hetero) is 1. The van der Waals surface area contributed by atoms with Crippen LogP contribution in [0.4, 0.5) is 4.79 Å². The van der Waals surface area contributed by atoms with Crippen molar-refractivity contribution < 1.29 is 23.9 Å². The van der Waals surface area contributed by atoms with Crippen LogP contribution < -0.4 is 9.47 Å². The van der Waals surface area contributed by atoms with Gasteiger partial charge in [-0.15, -0.1) is 0 Å². The van der Waals surface area contributed by atoms with E-state index in [1.54, 1.807) is 43.5 Å². The first-order valence-electron chi connectivity index (χ1n) is 9.38. The van der Waals surface area contributed by atoms with E-state index in [0.29, 0.717) is 34.3 Å². The van der Waals surface area contributed by atoms with Gasteiger partial charge in [0.05, 0.1) is 28.7 Å². The van der Waals surface area contributed by atoms with E-state index in [1.165, 1.54) is 0 Å². The first-order valence-corrected chi connectivity index (χ1v) is 11.7. The van der Waals surface area contributed by atoms with Gasteiger partial charge in [0.25, 0.3) is 11.1 Å². The molecule has 0 radical (unpaired) electrons. The fraction of sp³-hybridized carbons (Fsp3) is 0.227. The number of nitrogens with zero attached hydrogens (tertiary/aromatic N) is 1. The summed E-state index contributed by atoms with van der Waals surface area (Å²) >= 11 is 8.78. The molecule has 2 aromatic carbocycles. The second kappa shape index (κ2) is 10.5. The van der Waals surface area contributed by atoms with Crippen LogP contribution in [0.2, 0.25) is 5.02 Å². The molecular weight excluding hydrogens is 553 g/mol. The lowest BCUT2D eigenvalue weighted by molar-refractivity contribution is -0.122. The number of hydrogen-bond acceptors (Lipinski definition) is 6. The predicted molar refractivity (Wildman–Crippen MR) is 130 cm³/mol. The highest BCUT2D eigenvalue weighted by atomic mass is 127. The van der Waals surface area contributed by atoms with Crippen LogP contribution >= 0.6 is 46.0 Å². The third-order valence-corrected chi connectivity index (χ3v) is 6.30. The number of ether oxygens (including phenoxy) is 2. The molecule has 0 bridgehead atoms. The van der Waals surface area contributed by atoms with Crippen molar-refractivity contribution in [2.45, 2.75) is 13.3 Å². The Bertz CT molecular complexity index is 1050. The van der Waals surface area contributed by atoms with Crippen molar-refractivity contribution in [1.82, 2.24) is 4.90 Å². The predicted octanol–water partition coefficient (Wildman–Crippen LogP) is 5.66. The van der Waals surface area contributed by atoms with Gasteiger partial charge in [0.2, 0.25) is 0 Å². The summed E-state index contributed by atoms with van der Waals surface area (Å²) in [7, 11) is 1.55. The Morgan fingerprint density at radius 3 is 2.58 bits per heavy atom. The minimum atomic E-state index is -0.502. The average Bonchev–Trinajstić information content (AvgIpc) is 3.00. The molecule has 0 N–H and O–H groups in total. The van der Waals surface area contributed by atoms with Gasteiger partial charge >= 0.3 is 0 Å². The molecule has 1 fully saturated rings. The van der Waals surface area contributed by atoms with Crippen LogP contribution in [0.25, 0.3) is 6.08 Å². The molecule has 0 atom stereocenters. The number of thioether (sulfide) groups is 1. The molecule has 31 heavy (non-hydrogen) atoms. The van der Waals surface area contributed by atoms with Crippen LogP contribution in [0.15, 0.2) is 41.3 Å². The number of methoxy groups -OCH3 is 1. The monoisotopic (exact) mass is 571 g/mol. The van der Waals surface area contributed by atoms with E-state index < -0.39 is 11.1 Å². The summed E-state index contributed by atoms with van der Waals surface area (Å²) in [5, 5.41) is 0.0185. The number of imide groups is 1. The molecule has 2 aromatic rings. The van der Waals surface area contributed by atoms with Crippen LogP contribution in [0.3, 0.4) is 0 Å². The SMILES string of the molecule is CCCOc1c(I)cc(/C=C2\SC(=O)N(CC(=O)c3ccc(Cl)cc3)C2=O)cc1OC. The molecule has 0 unspecified atom stereocenters. The zero-order chi connectivity index (χ0) is 22.5. The van der Waals surface area contributed by atoms with Gasteiger partial charge in [0.1, 0.15) is 0 Å². The highest BCUT2D eigenvalue weighted by molar-refractivity contribution is 14.1. The topological polar surface area (TPSA) is 72.9 Å². The van der Waals surface area contributed by atoms with Crippen molar-refractivity contribution in [1.29, 1.82) is 0 Å². The lowest BCUT2D eigenvalue weighted by Gasteiger charge is -2.13. The molecule has 1 aliphatic heterocycles. The minimum Gasteiger partial charge on any atom is -0.493 e. The van der Waals surface area contributed by atoms with Crippen LogP contribution in [0, 0.1) is 3.57 Å². The van der Waals surface area contributed by atoms with Crippen molar-refractivity contribution in [2.75, 3.05) is 20.3 Å². The van der Waals surface area contributed by atoms with Gasteiger partial charge in [0.15, 0.2) is 17.3 Å². The summed E-state index contributed by atoms with van der Waals surface area (Å²) in [4.78, 5) is 38.8. The minimum absolute atomic E-state index is 0.244. The molecule has 1 saturated heterocycles. The van der Waals surface area contributed by atoms with Crippen LogP contribution in [-0.2, 0) is 4.79 Å². The van der Waals surface area contributed by atoms with E-state index in [4.69, 9.17) is 21.1 Å². The Hall–Kier alpha value is -2.04. The van der Waals surface area contributed by atoms with E-state index in [1.807, 2.05) is 13.0 Å². The Labute approximate surface area is 203 Å². The molecule has 0 saturated carbocycles. The van der Waals surface area contributed by atoms with Gasteiger partial charge in [-0.25, -0.2) is 0 Å². The second-order valence-corrected chi connectivity index (χ2v) is 9.17. The van der Waals surface area contributed by atoms with Crippen LogP contribution in [0.1, 0.15) is 29.3 Å². The summed E-state index contributed by atoms with van der Waals surface area (Å²) in [6.45, 7) is 2.25. The smallest absolute Gasteiger partial charge is 0.293 e. The first-order chi connectivity index (χ1) is 14.8. The lowest BCUT2D eigenvalue weighted by atomic mass is 10.1. The quantitative estimate of drug-likeness (QED) is 0.231. The molecule has 1 heterocycles. The fourth-order valence-corrected chi connectivity index (χ4v) is 4.57. The molecule has 9 heteroatoms. The van der Waals surface area contributed by atoms with E-state index in [9.17, 15) is 14.4 Å². The molecule has 0 aliphatic carbocycles.